The van der Waals surface area contributed by atoms with Crippen LogP contribution in [0.4, 0.5) is 11.4 Å². The Hall–Kier alpha value is -2.69. The number of anilines is 2. The Morgan fingerprint density at radius 3 is 2.62 bits per heavy atom. The lowest BCUT2D eigenvalue weighted by Gasteiger charge is -2.12. The number of hydrogen-bond acceptors (Lipinski definition) is 4. The molecule has 0 aliphatic carbocycles. The van der Waals surface area contributed by atoms with Crippen LogP contribution >= 0.6 is 0 Å². The fraction of sp³-hybridized carbons (Fsp3) is 0.188. The fourth-order valence-corrected chi connectivity index (χ4v) is 1.84. The number of para-hydroxylation sites is 2. The molecule has 0 atom stereocenters. The van der Waals surface area contributed by atoms with Gasteiger partial charge in [-0.15, -0.1) is 0 Å². The van der Waals surface area contributed by atoms with Gasteiger partial charge in [-0.2, -0.15) is 0 Å². The molecule has 2 rings (SSSR count). The number of ether oxygens (including phenoxy) is 2. The Labute approximate surface area is 123 Å². The number of nitrogen functional groups attached to an aromatic ring is 1. The largest absolute Gasteiger partial charge is 0.493 e. The summed E-state index contributed by atoms with van der Waals surface area (Å²) in [6, 6.07) is 12.5. The van der Waals surface area contributed by atoms with E-state index in [0.717, 1.165) is 5.56 Å². The van der Waals surface area contributed by atoms with Gasteiger partial charge in [0.1, 0.15) is 0 Å². The predicted octanol–water partition coefficient (Wildman–Crippen LogP) is 2.60. The summed E-state index contributed by atoms with van der Waals surface area (Å²) in [6.07, 6.45) is 0. The van der Waals surface area contributed by atoms with E-state index in [0.29, 0.717) is 22.9 Å². The van der Waals surface area contributed by atoms with Gasteiger partial charge in [0.25, 0.3) is 5.91 Å². The SMILES string of the molecule is COc1ccccc1OCC(=O)Nc1cc(N)ccc1C. The van der Waals surface area contributed by atoms with Crippen molar-refractivity contribution in [3.8, 4) is 11.5 Å². The molecule has 0 fully saturated rings. The van der Waals surface area contributed by atoms with Crippen molar-refractivity contribution < 1.29 is 14.3 Å². The normalized spacial score (nSPS) is 10.0. The number of nitrogens with one attached hydrogen (secondary N) is 1. The molecule has 3 N–H and O–H groups in total. The van der Waals surface area contributed by atoms with E-state index in [2.05, 4.69) is 5.32 Å². The Morgan fingerprint density at radius 2 is 1.90 bits per heavy atom. The molecule has 21 heavy (non-hydrogen) atoms. The van der Waals surface area contributed by atoms with Crippen molar-refractivity contribution in [3.05, 3.63) is 48.0 Å². The molecule has 0 spiro atoms. The summed E-state index contributed by atoms with van der Waals surface area (Å²) in [4.78, 5) is 11.9. The van der Waals surface area contributed by atoms with E-state index in [4.69, 9.17) is 15.2 Å². The molecule has 0 aromatic heterocycles. The van der Waals surface area contributed by atoms with Gasteiger partial charge in [-0.25, -0.2) is 0 Å². The van der Waals surface area contributed by atoms with Crippen molar-refractivity contribution in [1.29, 1.82) is 0 Å². The van der Waals surface area contributed by atoms with Gasteiger partial charge in [-0.05, 0) is 36.8 Å². The molecule has 5 nitrogen and oxygen atoms in total. The van der Waals surface area contributed by atoms with Crippen molar-refractivity contribution in [3.63, 3.8) is 0 Å². The summed E-state index contributed by atoms with van der Waals surface area (Å²) in [5.41, 5.74) is 7.93. The zero-order valence-electron chi connectivity index (χ0n) is 12.1. The quantitative estimate of drug-likeness (QED) is 0.829. The molecule has 0 aliphatic rings. The lowest BCUT2D eigenvalue weighted by Crippen LogP contribution is -2.20. The van der Waals surface area contributed by atoms with Crippen LogP contribution in [-0.2, 0) is 4.79 Å². The molecule has 0 radical (unpaired) electrons. The van der Waals surface area contributed by atoms with Gasteiger partial charge in [-0.3, -0.25) is 4.79 Å². The van der Waals surface area contributed by atoms with E-state index in [1.807, 2.05) is 25.1 Å². The monoisotopic (exact) mass is 286 g/mol. The molecule has 110 valence electrons. The molecule has 2 aromatic carbocycles. The van der Waals surface area contributed by atoms with Gasteiger partial charge >= 0.3 is 0 Å². The second-order valence-corrected chi connectivity index (χ2v) is 4.56. The minimum Gasteiger partial charge on any atom is -0.493 e. The number of amides is 1. The highest BCUT2D eigenvalue weighted by molar-refractivity contribution is 5.93. The molecular formula is C16H18N2O3. The van der Waals surface area contributed by atoms with E-state index in [-0.39, 0.29) is 12.5 Å². The number of methoxy groups -OCH3 is 1. The number of carbonyl (C=O) groups is 1. The summed E-state index contributed by atoms with van der Waals surface area (Å²) >= 11 is 0. The summed E-state index contributed by atoms with van der Waals surface area (Å²) in [6.45, 7) is 1.80. The zero-order valence-corrected chi connectivity index (χ0v) is 12.1. The number of carbonyl (C=O) groups excluding carboxylic acids is 1. The summed E-state index contributed by atoms with van der Waals surface area (Å²) in [7, 11) is 1.55. The maximum atomic E-state index is 11.9. The average Bonchev–Trinajstić information content (AvgIpc) is 2.49. The van der Waals surface area contributed by atoms with Crippen LogP contribution in [0.15, 0.2) is 42.5 Å². The molecule has 0 unspecified atom stereocenters. The van der Waals surface area contributed by atoms with Gasteiger partial charge in [-0.1, -0.05) is 18.2 Å². The highest BCUT2D eigenvalue weighted by Gasteiger charge is 2.08. The van der Waals surface area contributed by atoms with Crippen LogP contribution in [0.5, 0.6) is 11.5 Å². The second-order valence-electron chi connectivity index (χ2n) is 4.56. The van der Waals surface area contributed by atoms with Crippen LogP contribution in [0.2, 0.25) is 0 Å². The highest BCUT2D eigenvalue weighted by Crippen LogP contribution is 2.25. The third-order valence-corrected chi connectivity index (χ3v) is 2.96. The molecule has 0 bridgehead atoms. The van der Waals surface area contributed by atoms with E-state index in [1.54, 1.807) is 31.4 Å². The van der Waals surface area contributed by atoms with Gasteiger partial charge < -0.3 is 20.5 Å². The van der Waals surface area contributed by atoms with Crippen LogP contribution < -0.4 is 20.5 Å². The Morgan fingerprint density at radius 1 is 1.19 bits per heavy atom. The summed E-state index contributed by atoms with van der Waals surface area (Å²) < 4.78 is 10.6. The number of rotatable bonds is 5. The van der Waals surface area contributed by atoms with Gasteiger partial charge in [0.2, 0.25) is 0 Å². The van der Waals surface area contributed by atoms with Gasteiger partial charge in [0, 0.05) is 11.4 Å². The molecule has 0 heterocycles. The smallest absolute Gasteiger partial charge is 0.262 e. The van der Waals surface area contributed by atoms with E-state index < -0.39 is 0 Å². The standard InChI is InChI=1S/C16H18N2O3/c1-11-7-8-12(17)9-13(11)18-16(19)10-21-15-6-4-3-5-14(15)20-2/h3-9H,10,17H2,1-2H3,(H,18,19). The molecule has 5 heteroatoms. The van der Waals surface area contributed by atoms with Gasteiger partial charge in [0.05, 0.1) is 7.11 Å². The third kappa shape index (κ3) is 3.89. The zero-order chi connectivity index (χ0) is 15.2. The molecule has 0 saturated carbocycles. The Kier molecular flexibility index (Phi) is 4.66. The van der Waals surface area contributed by atoms with Crippen molar-refractivity contribution in [1.82, 2.24) is 0 Å². The first-order chi connectivity index (χ1) is 10.1. The van der Waals surface area contributed by atoms with Crippen LogP contribution in [0.25, 0.3) is 0 Å². The summed E-state index contributed by atoms with van der Waals surface area (Å²) in [5, 5.41) is 2.77. The van der Waals surface area contributed by atoms with Crippen LogP contribution in [-0.4, -0.2) is 19.6 Å². The second kappa shape index (κ2) is 6.65. The third-order valence-electron chi connectivity index (χ3n) is 2.96. The summed E-state index contributed by atoms with van der Waals surface area (Å²) in [5.74, 6) is 0.861. The average molecular weight is 286 g/mol. The molecule has 1 amide bonds. The van der Waals surface area contributed by atoms with E-state index in [1.165, 1.54) is 0 Å². The molecular weight excluding hydrogens is 268 g/mol. The first-order valence-electron chi connectivity index (χ1n) is 6.52. The lowest BCUT2D eigenvalue weighted by molar-refractivity contribution is -0.118. The van der Waals surface area contributed by atoms with Crippen molar-refractivity contribution in [2.24, 2.45) is 0 Å². The molecule has 0 saturated heterocycles. The highest BCUT2D eigenvalue weighted by atomic mass is 16.5. The van der Waals surface area contributed by atoms with E-state index >= 15 is 0 Å². The van der Waals surface area contributed by atoms with Crippen molar-refractivity contribution in [2.75, 3.05) is 24.8 Å². The number of benzene rings is 2. The Bertz CT molecular complexity index is 641. The maximum Gasteiger partial charge on any atom is 0.262 e. The van der Waals surface area contributed by atoms with Crippen molar-refractivity contribution >= 4 is 17.3 Å². The van der Waals surface area contributed by atoms with Crippen molar-refractivity contribution in [2.45, 2.75) is 6.92 Å². The molecule has 0 aliphatic heterocycles. The maximum absolute atomic E-state index is 11.9. The number of hydrogen-bond donors (Lipinski definition) is 2. The number of nitrogens with two attached hydrogens (primary N) is 1. The van der Waals surface area contributed by atoms with E-state index in [9.17, 15) is 4.79 Å². The van der Waals surface area contributed by atoms with Crippen LogP contribution in [0.3, 0.4) is 0 Å². The van der Waals surface area contributed by atoms with Gasteiger partial charge in [0.15, 0.2) is 18.1 Å². The molecule has 2 aromatic rings. The van der Waals surface area contributed by atoms with Crippen LogP contribution in [0, 0.1) is 6.92 Å². The Balaban J connectivity index is 1.97. The van der Waals surface area contributed by atoms with Crippen LogP contribution in [0.1, 0.15) is 5.56 Å². The minimum atomic E-state index is -0.255. The lowest BCUT2D eigenvalue weighted by atomic mass is 10.2. The predicted molar refractivity (Wildman–Crippen MR) is 82.7 cm³/mol. The topological polar surface area (TPSA) is 73.6 Å². The number of aryl methyl sites for hydroxylation is 1. The first kappa shape index (κ1) is 14.7. The fourth-order valence-electron chi connectivity index (χ4n) is 1.84. The first-order valence-corrected chi connectivity index (χ1v) is 6.52. The minimum absolute atomic E-state index is 0.103.